The molecule has 0 fully saturated rings. The van der Waals surface area contributed by atoms with Crippen molar-refractivity contribution in [3.05, 3.63) is 164 Å². The van der Waals surface area contributed by atoms with Gasteiger partial charge in [-0.3, -0.25) is 0 Å². The van der Waals surface area contributed by atoms with E-state index in [1.165, 1.54) is 11.1 Å². The summed E-state index contributed by atoms with van der Waals surface area (Å²) in [4.78, 5) is 15.4. The minimum Gasteiger partial charge on any atom is -0.456 e. The van der Waals surface area contributed by atoms with E-state index in [9.17, 15) is 0 Å². The van der Waals surface area contributed by atoms with E-state index in [-0.39, 0.29) is 0 Å². The number of fused-ring (bicyclic) bond motifs is 6. The molecule has 0 amide bonds. The first kappa shape index (κ1) is 28.2. The first-order valence-electron chi connectivity index (χ1n) is 16.6. The average Bonchev–Trinajstić information content (AvgIpc) is 3.77. The van der Waals surface area contributed by atoms with Gasteiger partial charge in [-0.05, 0) is 52.6 Å². The SMILES string of the molecule is c1ccc(-c2ccc(-c3cc(-c4nc(-c5ccccc5)nc(-c5cccc6oc7ccccc7c56)n4)c4oc5ccccc5c4c3)cc2)cc1. The zero-order valence-electron chi connectivity index (χ0n) is 26.7. The van der Waals surface area contributed by atoms with Gasteiger partial charge in [0.25, 0.3) is 0 Å². The van der Waals surface area contributed by atoms with Gasteiger partial charge in [0.05, 0.1) is 5.56 Å². The van der Waals surface area contributed by atoms with Crippen LogP contribution in [0.1, 0.15) is 0 Å². The first-order valence-corrected chi connectivity index (χ1v) is 16.6. The Labute approximate surface area is 287 Å². The largest absolute Gasteiger partial charge is 0.456 e. The van der Waals surface area contributed by atoms with Crippen LogP contribution in [0.3, 0.4) is 0 Å². The van der Waals surface area contributed by atoms with Gasteiger partial charge in [-0.15, -0.1) is 0 Å². The number of hydrogen-bond acceptors (Lipinski definition) is 5. The summed E-state index contributed by atoms with van der Waals surface area (Å²) in [6, 6.07) is 55.8. The number of nitrogens with zero attached hydrogens (tertiary/aromatic N) is 3. The van der Waals surface area contributed by atoms with E-state index >= 15 is 0 Å². The number of benzene rings is 7. The molecule has 7 aromatic carbocycles. The second kappa shape index (κ2) is 11.4. The van der Waals surface area contributed by atoms with Gasteiger partial charge >= 0.3 is 0 Å². The lowest BCUT2D eigenvalue weighted by atomic mass is 9.96. The van der Waals surface area contributed by atoms with Crippen molar-refractivity contribution in [1.29, 1.82) is 0 Å². The van der Waals surface area contributed by atoms with Gasteiger partial charge in [0.15, 0.2) is 17.5 Å². The fourth-order valence-corrected chi connectivity index (χ4v) is 6.94. The molecule has 10 aromatic rings. The number of rotatable bonds is 5. The Morgan fingerprint density at radius 3 is 1.60 bits per heavy atom. The van der Waals surface area contributed by atoms with Gasteiger partial charge in [0, 0.05) is 32.7 Å². The number of aromatic nitrogens is 3. The van der Waals surface area contributed by atoms with E-state index in [0.29, 0.717) is 17.5 Å². The number of para-hydroxylation sites is 2. The van der Waals surface area contributed by atoms with Crippen molar-refractivity contribution in [3.8, 4) is 56.4 Å². The molecule has 10 rings (SSSR count). The van der Waals surface area contributed by atoms with Gasteiger partial charge in [-0.2, -0.15) is 0 Å². The maximum atomic E-state index is 6.60. The van der Waals surface area contributed by atoms with Crippen molar-refractivity contribution in [3.63, 3.8) is 0 Å². The van der Waals surface area contributed by atoms with Crippen LogP contribution in [0.25, 0.3) is 100 Å². The molecule has 3 aromatic heterocycles. The van der Waals surface area contributed by atoms with E-state index in [4.69, 9.17) is 23.8 Å². The molecule has 5 heteroatoms. The molecule has 234 valence electrons. The van der Waals surface area contributed by atoms with Gasteiger partial charge in [0.2, 0.25) is 0 Å². The third-order valence-corrected chi connectivity index (χ3v) is 9.36. The van der Waals surface area contributed by atoms with Gasteiger partial charge in [-0.25, -0.2) is 15.0 Å². The van der Waals surface area contributed by atoms with Crippen LogP contribution in [0.15, 0.2) is 173 Å². The van der Waals surface area contributed by atoms with Crippen molar-refractivity contribution in [2.24, 2.45) is 0 Å². The second-order valence-corrected chi connectivity index (χ2v) is 12.4. The summed E-state index contributed by atoms with van der Waals surface area (Å²) in [6.45, 7) is 0. The van der Waals surface area contributed by atoms with E-state index in [1.807, 2.05) is 84.9 Å². The maximum Gasteiger partial charge on any atom is 0.167 e. The predicted molar refractivity (Wildman–Crippen MR) is 202 cm³/mol. The van der Waals surface area contributed by atoms with Gasteiger partial charge in [0.1, 0.15) is 22.3 Å². The molecule has 0 unspecified atom stereocenters. The Morgan fingerprint density at radius 2 is 0.860 bits per heavy atom. The van der Waals surface area contributed by atoms with Crippen LogP contribution < -0.4 is 0 Å². The third kappa shape index (κ3) is 4.67. The molecule has 3 heterocycles. The Hall–Kier alpha value is -6.85. The Bertz CT molecular complexity index is 2850. The highest BCUT2D eigenvalue weighted by atomic mass is 16.3. The fourth-order valence-electron chi connectivity index (χ4n) is 6.94. The monoisotopic (exact) mass is 641 g/mol. The molecule has 0 atom stereocenters. The fraction of sp³-hybridized carbons (Fsp3) is 0. The topological polar surface area (TPSA) is 65.0 Å². The zero-order chi connectivity index (χ0) is 33.0. The summed E-state index contributed by atoms with van der Waals surface area (Å²) in [6.07, 6.45) is 0. The highest BCUT2D eigenvalue weighted by molar-refractivity contribution is 6.13. The smallest absolute Gasteiger partial charge is 0.167 e. The van der Waals surface area contributed by atoms with E-state index in [1.54, 1.807) is 0 Å². The van der Waals surface area contributed by atoms with Crippen LogP contribution in [0.2, 0.25) is 0 Å². The number of hydrogen-bond donors (Lipinski definition) is 0. The van der Waals surface area contributed by atoms with Gasteiger partial charge < -0.3 is 8.83 Å². The summed E-state index contributed by atoms with van der Waals surface area (Å²) >= 11 is 0. The molecule has 0 aliphatic rings. The van der Waals surface area contributed by atoms with Crippen molar-refractivity contribution in [2.75, 3.05) is 0 Å². The number of furan rings is 2. The van der Waals surface area contributed by atoms with Gasteiger partial charge in [-0.1, -0.05) is 133 Å². The van der Waals surface area contributed by atoms with E-state index < -0.39 is 0 Å². The lowest BCUT2D eigenvalue weighted by Gasteiger charge is -2.11. The highest BCUT2D eigenvalue weighted by Crippen LogP contribution is 2.41. The molecule has 0 saturated carbocycles. The minimum atomic E-state index is 0.533. The molecule has 0 saturated heterocycles. The molecule has 0 N–H and O–H groups in total. The lowest BCUT2D eigenvalue weighted by Crippen LogP contribution is -2.01. The molecule has 5 nitrogen and oxygen atoms in total. The maximum absolute atomic E-state index is 6.60. The first-order chi connectivity index (χ1) is 24.8. The van der Waals surface area contributed by atoms with Crippen LogP contribution in [-0.2, 0) is 0 Å². The van der Waals surface area contributed by atoms with Crippen molar-refractivity contribution in [2.45, 2.75) is 0 Å². The molecule has 0 spiro atoms. The van der Waals surface area contributed by atoms with Crippen LogP contribution in [0, 0.1) is 0 Å². The molecule has 0 radical (unpaired) electrons. The summed E-state index contributed by atoms with van der Waals surface area (Å²) in [7, 11) is 0. The lowest BCUT2D eigenvalue weighted by molar-refractivity contribution is 0.668. The molecule has 0 bridgehead atoms. The summed E-state index contributed by atoms with van der Waals surface area (Å²) < 4.78 is 12.8. The van der Waals surface area contributed by atoms with Crippen LogP contribution in [0.5, 0.6) is 0 Å². The molecule has 50 heavy (non-hydrogen) atoms. The minimum absolute atomic E-state index is 0.533. The predicted octanol–water partition coefficient (Wildman–Crippen LogP) is 12.0. The van der Waals surface area contributed by atoms with E-state index in [0.717, 1.165) is 71.7 Å². The zero-order valence-corrected chi connectivity index (χ0v) is 26.7. The normalized spacial score (nSPS) is 11.6. The Balaban J connectivity index is 1.23. The third-order valence-electron chi connectivity index (χ3n) is 9.36. The standard InChI is InChI=1S/C45H27N3O2/c1-3-12-28(13-4-1)29-22-24-30(25-23-29)32-26-36-33-16-7-9-19-38(33)50-42(36)37(27-32)45-47-43(31-14-5-2-6-15-31)46-44(48-45)35-18-11-21-40-41(35)34-17-8-10-20-39(34)49-40/h1-27H. The molecule has 0 aliphatic carbocycles. The van der Waals surface area contributed by atoms with Crippen LogP contribution >= 0.6 is 0 Å². The molecular weight excluding hydrogens is 615 g/mol. The summed E-state index contributed by atoms with van der Waals surface area (Å²) in [5.41, 5.74) is 10.2. The van der Waals surface area contributed by atoms with E-state index in [2.05, 4.69) is 78.9 Å². The molecule has 0 aliphatic heterocycles. The average molecular weight is 642 g/mol. The van der Waals surface area contributed by atoms with Crippen molar-refractivity contribution >= 4 is 43.9 Å². The van der Waals surface area contributed by atoms with Crippen molar-refractivity contribution < 1.29 is 8.83 Å². The van der Waals surface area contributed by atoms with Crippen molar-refractivity contribution in [1.82, 2.24) is 15.0 Å². The summed E-state index contributed by atoms with van der Waals surface area (Å²) in [5, 5.41) is 4.03. The van der Waals surface area contributed by atoms with Crippen LogP contribution in [0.4, 0.5) is 0 Å². The Morgan fingerprint density at radius 1 is 0.320 bits per heavy atom. The molecular formula is C45H27N3O2. The second-order valence-electron chi connectivity index (χ2n) is 12.4. The summed E-state index contributed by atoms with van der Waals surface area (Å²) in [5.74, 6) is 1.68. The highest BCUT2D eigenvalue weighted by Gasteiger charge is 2.21. The van der Waals surface area contributed by atoms with Crippen LogP contribution in [-0.4, -0.2) is 15.0 Å². The quantitative estimate of drug-likeness (QED) is 0.187. The Kier molecular flexibility index (Phi) is 6.42.